The van der Waals surface area contributed by atoms with Gasteiger partial charge in [0, 0.05) is 12.3 Å². The number of hydrogen-bond donors (Lipinski definition) is 0. The molecule has 1 heterocycles. The van der Waals surface area contributed by atoms with E-state index in [4.69, 9.17) is 0 Å². The molecule has 0 aliphatic rings. The molecule has 23 heavy (non-hydrogen) atoms. The highest BCUT2D eigenvalue weighted by Gasteiger charge is 2.10. The van der Waals surface area contributed by atoms with Crippen LogP contribution in [-0.2, 0) is 12.3 Å². The highest BCUT2D eigenvalue weighted by molar-refractivity contribution is 7.98. The van der Waals surface area contributed by atoms with Crippen molar-refractivity contribution in [1.82, 2.24) is 9.55 Å². The zero-order valence-electron chi connectivity index (χ0n) is 13.0. The van der Waals surface area contributed by atoms with Gasteiger partial charge in [-0.25, -0.2) is 4.98 Å². The lowest BCUT2D eigenvalue weighted by molar-refractivity contribution is 0.671. The third-order valence-corrected chi connectivity index (χ3v) is 4.64. The van der Waals surface area contributed by atoms with Crippen LogP contribution in [0.4, 0.5) is 0 Å². The SMILES string of the molecule is C=CCn1c(SCc2cccc(C)c2)nc2ccccc2c1=O. The third kappa shape index (κ3) is 3.37. The summed E-state index contributed by atoms with van der Waals surface area (Å²) in [4.78, 5) is 17.3. The van der Waals surface area contributed by atoms with Gasteiger partial charge in [0.05, 0.1) is 10.9 Å². The molecule has 0 fully saturated rings. The van der Waals surface area contributed by atoms with E-state index in [9.17, 15) is 4.79 Å². The minimum Gasteiger partial charge on any atom is -0.283 e. The van der Waals surface area contributed by atoms with Gasteiger partial charge in [-0.2, -0.15) is 0 Å². The maximum absolute atomic E-state index is 12.7. The standard InChI is InChI=1S/C19H18N2OS/c1-3-11-21-18(22)16-9-4-5-10-17(16)20-19(21)23-13-15-8-6-7-14(2)12-15/h3-10,12H,1,11,13H2,2H3. The van der Waals surface area contributed by atoms with Crippen LogP contribution in [0.25, 0.3) is 10.9 Å². The van der Waals surface area contributed by atoms with E-state index in [1.54, 1.807) is 22.4 Å². The van der Waals surface area contributed by atoms with Crippen LogP contribution in [0.3, 0.4) is 0 Å². The molecular formula is C19H18N2OS. The minimum absolute atomic E-state index is 0.0118. The number of para-hydroxylation sites is 1. The highest BCUT2D eigenvalue weighted by Crippen LogP contribution is 2.22. The fourth-order valence-corrected chi connectivity index (χ4v) is 3.45. The Morgan fingerprint density at radius 3 is 2.83 bits per heavy atom. The molecule has 4 heteroatoms. The number of benzene rings is 2. The molecule has 0 spiro atoms. The van der Waals surface area contributed by atoms with E-state index in [1.807, 2.05) is 24.3 Å². The highest BCUT2D eigenvalue weighted by atomic mass is 32.2. The van der Waals surface area contributed by atoms with E-state index >= 15 is 0 Å². The molecule has 116 valence electrons. The van der Waals surface area contributed by atoms with E-state index in [2.05, 4.69) is 42.8 Å². The molecule has 0 unspecified atom stereocenters. The Morgan fingerprint density at radius 1 is 1.22 bits per heavy atom. The van der Waals surface area contributed by atoms with Gasteiger partial charge in [0.2, 0.25) is 0 Å². The van der Waals surface area contributed by atoms with Gasteiger partial charge in [-0.3, -0.25) is 9.36 Å². The Kier molecular flexibility index (Phi) is 4.63. The predicted octanol–water partition coefficient (Wildman–Crippen LogP) is 4.18. The molecule has 0 bridgehead atoms. The normalized spacial score (nSPS) is 10.8. The molecule has 1 aromatic heterocycles. The average Bonchev–Trinajstić information content (AvgIpc) is 2.56. The van der Waals surface area contributed by atoms with Crippen molar-refractivity contribution >= 4 is 22.7 Å². The topological polar surface area (TPSA) is 34.9 Å². The summed E-state index contributed by atoms with van der Waals surface area (Å²) >= 11 is 1.58. The van der Waals surface area contributed by atoms with Crippen molar-refractivity contribution < 1.29 is 0 Å². The van der Waals surface area contributed by atoms with Gasteiger partial charge in [-0.1, -0.05) is 59.8 Å². The van der Waals surface area contributed by atoms with Crippen molar-refractivity contribution in [3.05, 3.63) is 82.7 Å². The number of nitrogens with zero attached hydrogens (tertiary/aromatic N) is 2. The maximum Gasteiger partial charge on any atom is 0.262 e. The lowest BCUT2D eigenvalue weighted by atomic mass is 10.2. The molecular weight excluding hydrogens is 304 g/mol. The Balaban J connectivity index is 2.00. The van der Waals surface area contributed by atoms with Crippen LogP contribution in [0.1, 0.15) is 11.1 Å². The van der Waals surface area contributed by atoms with Crippen molar-refractivity contribution in [2.24, 2.45) is 0 Å². The van der Waals surface area contributed by atoms with Crippen LogP contribution in [0, 0.1) is 6.92 Å². The summed E-state index contributed by atoms with van der Waals surface area (Å²) in [6.07, 6.45) is 1.73. The summed E-state index contributed by atoms with van der Waals surface area (Å²) in [5.74, 6) is 0.781. The lowest BCUT2D eigenvalue weighted by Crippen LogP contribution is -2.22. The first-order chi connectivity index (χ1) is 11.2. The van der Waals surface area contributed by atoms with Crippen LogP contribution < -0.4 is 5.56 Å². The number of fused-ring (bicyclic) bond motifs is 1. The minimum atomic E-state index is -0.0118. The predicted molar refractivity (Wildman–Crippen MR) is 96.9 cm³/mol. The van der Waals surface area contributed by atoms with Crippen molar-refractivity contribution in [3.63, 3.8) is 0 Å². The number of aromatic nitrogens is 2. The zero-order valence-corrected chi connectivity index (χ0v) is 13.8. The number of rotatable bonds is 5. The van der Waals surface area contributed by atoms with Crippen LogP contribution in [0.2, 0.25) is 0 Å². The molecule has 0 aliphatic heterocycles. The van der Waals surface area contributed by atoms with Crippen LogP contribution in [0.5, 0.6) is 0 Å². The van der Waals surface area contributed by atoms with Gasteiger partial charge < -0.3 is 0 Å². The molecule has 3 nitrogen and oxygen atoms in total. The smallest absolute Gasteiger partial charge is 0.262 e. The van der Waals surface area contributed by atoms with Gasteiger partial charge in [0.15, 0.2) is 5.16 Å². The fourth-order valence-electron chi connectivity index (χ4n) is 2.50. The monoisotopic (exact) mass is 322 g/mol. The second kappa shape index (κ2) is 6.84. The second-order valence-electron chi connectivity index (χ2n) is 5.39. The molecule has 3 aromatic rings. The third-order valence-electron chi connectivity index (χ3n) is 3.59. The number of aryl methyl sites for hydroxylation is 1. The van der Waals surface area contributed by atoms with Crippen molar-refractivity contribution in [1.29, 1.82) is 0 Å². The first-order valence-electron chi connectivity index (χ1n) is 7.48. The number of thioether (sulfide) groups is 1. The van der Waals surface area contributed by atoms with E-state index in [0.29, 0.717) is 11.9 Å². The molecule has 0 atom stereocenters. The second-order valence-corrected chi connectivity index (χ2v) is 6.34. The first kappa shape index (κ1) is 15.6. The molecule has 3 rings (SSSR count). The Bertz CT molecular complexity index is 915. The fraction of sp³-hybridized carbons (Fsp3) is 0.158. The largest absolute Gasteiger partial charge is 0.283 e. The van der Waals surface area contributed by atoms with Crippen molar-refractivity contribution in [2.45, 2.75) is 24.4 Å². The summed E-state index contributed by atoms with van der Waals surface area (Å²) < 4.78 is 1.69. The molecule has 0 aliphatic carbocycles. The van der Waals surface area contributed by atoms with Gasteiger partial charge in [-0.15, -0.1) is 6.58 Å². The molecule has 0 saturated heterocycles. The summed E-state index contributed by atoms with van der Waals surface area (Å²) in [5.41, 5.74) is 3.19. The van der Waals surface area contributed by atoms with Gasteiger partial charge in [-0.05, 0) is 24.6 Å². The van der Waals surface area contributed by atoms with Crippen LogP contribution >= 0.6 is 11.8 Å². The van der Waals surface area contributed by atoms with E-state index in [-0.39, 0.29) is 5.56 Å². The lowest BCUT2D eigenvalue weighted by Gasteiger charge is -2.11. The van der Waals surface area contributed by atoms with Crippen molar-refractivity contribution in [2.75, 3.05) is 0 Å². The zero-order chi connectivity index (χ0) is 16.2. The van der Waals surface area contributed by atoms with Crippen LogP contribution in [0.15, 0.2) is 71.1 Å². The molecule has 0 saturated carbocycles. The molecule has 0 amide bonds. The summed E-state index contributed by atoms with van der Waals surface area (Å²) in [6, 6.07) is 15.8. The van der Waals surface area contributed by atoms with Gasteiger partial charge in [0.1, 0.15) is 0 Å². The number of hydrogen-bond acceptors (Lipinski definition) is 3. The molecule has 0 N–H and O–H groups in total. The number of allylic oxidation sites excluding steroid dienone is 1. The summed E-state index contributed by atoms with van der Waals surface area (Å²) in [7, 11) is 0. The summed E-state index contributed by atoms with van der Waals surface area (Å²) in [6.45, 7) is 6.30. The average molecular weight is 322 g/mol. The van der Waals surface area contributed by atoms with E-state index in [0.717, 1.165) is 16.4 Å². The maximum atomic E-state index is 12.7. The van der Waals surface area contributed by atoms with Gasteiger partial charge in [0.25, 0.3) is 5.56 Å². The first-order valence-corrected chi connectivity index (χ1v) is 8.46. The Morgan fingerprint density at radius 2 is 2.04 bits per heavy atom. The Hall–Kier alpha value is -2.33. The molecule has 2 aromatic carbocycles. The van der Waals surface area contributed by atoms with Crippen molar-refractivity contribution in [3.8, 4) is 0 Å². The van der Waals surface area contributed by atoms with E-state index < -0.39 is 0 Å². The quantitative estimate of drug-likeness (QED) is 0.401. The van der Waals surface area contributed by atoms with E-state index in [1.165, 1.54) is 11.1 Å². The van der Waals surface area contributed by atoms with Gasteiger partial charge >= 0.3 is 0 Å². The van der Waals surface area contributed by atoms with Crippen LogP contribution in [-0.4, -0.2) is 9.55 Å². The molecule has 0 radical (unpaired) electrons. The summed E-state index contributed by atoms with van der Waals surface area (Å²) in [5, 5.41) is 1.38. The Labute approximate surface area is 139 Å².